The highest BCUT2D eigenvalue weighted by molar-refractivity contribution is 5.28. The molecular formula is C11H20. The second-order valence-corrected chi connectivity index (χ2v) is 3.25. The normalized spacial score (nSPS) is 12.3. The summed E-state index contributed by atoms with van der Waals surface area (Å²) in [6, 6.07) is 0. The lowest BCUT2D eigenvalue weighted by Crippen LogP contribution is -1.96. The highest BCUT2D eigenvalue weighted by Gasteiger charge is 2.04. The molecule has 0 aliphatic carbocycles. The minimum atomic E-state index is 0.624. The van der Waals surface area contributed by atoms with Gasteiger partial charge >= 0.3 is 0 Å². The molecule has 0 unspecified atom stereocenters. The van der Waals surface area contributed by atoms with Gasteiger partial charge in [0.05, 0.1) is 0 Å². The van der Waals surface area contributed by atoms with Crippen molar-refractivity contribution in [3.05, 3.63) is 23.8 Å². The van der Waals surface area contributed by atoms with Gasteiger partial charge < -0.3 is 0 Å². The van der Waals surface area contributed by atoms with Crippen LogP contribution in [0.15, 0.2) is 23.8 Å². The zero-order valence-corrected chi connectivity index (χ0v) is 8.28. The minimum absolute atomic E-state index is 0.624. The molecule has 0 aromatic carbocycles. The Kier molecular flexibility index (Phi) is 4.93. The molecule has 0 aliphatic heterocycles. The quantitative estimate of drug-likeness (QED) is 0.535. The summed E-state index contributed by atoms with van der Waals surface area (Å²) in [4.78, 5) is 0. The summed E-state index contributed by atoms with van der Waals surface area (Å²) in [5.74, 6) is 0.624. The van der Waals surface area contributed by atoms with Crippen molar-refractivity contribution in [2.45, 2.75) is 40.5 Å². The van der Waals surface area contributed by atoms with Crippen molar-refractivity contribution >= 4 is 0 Å². The molecule has 64 valence electrons. The molecule has 0 saturated carbocycles. The Labute approximate surface area is 71.0 Å². The Hall–Kier alpha value is -0.520. The number of rotatable bonds is 4. The van der Waals surface area contributed by atoms with E-state index in [1.165, 1.54) is 17.6 Å². The maximum absolute atomic E-state index is 4.07. The molecule has 0 amide bonds. The van der Waals surface area contributed by atoms with Crippen LogP contribution < -0.4 is 0 Å². The largest absolute Gasteiger partial charge is 0.0956 e. The van der Waals surface area contributed by atoms with Gasteiger partial charge in [-0.3, -0.25) is 0 Å². The van der Waals surface area contributed by atoms with Crippen LogP contribution in [0.5, 0.6) is 0 Å². The molecule has 0 N–H and O–H groups in total. The van der Waals surface area contributed by atoms with E-state index in [0.717, 1.165) is 6.42 Å². The van der Waals surface area contributed by atoms with Gasteiger partial charge in [-0.1, -0.05) is 45.4 Å². The average molecular weight is 152 g/mol. The Bertz CT molecular complexity index is 149. The molecule has 0 atom stereocenters. The summed E-state index contributed by atoms with van der Waals surface area (Å²) in [7, 11) is 0. The Morgan fingerprint density at radius 3 is 2.27 bits per heavy atom. The van der Waals surface area contributed by atoms with Crippen molar-refractivity contribution in [1.82, 2.24) is 0 Å². The fourth-order valence-corrected chi connectivity index (χ4v) is 1.39. The van der Waals surface area contributed by atoms with Crippen LogP contribution in [-0.4, -0.2) is 0 Å². The second-order valence-electron chi connectivity index (χ2n) is 3.25. The van der Waals surface area contributed by atoms with E-state index in [-0.39, 0.29) is 0 Å². The number of allylic oxidation sites excluding steroid dienone is 3. The van der Waals surface area contributed by atoms with Gasteiger partial charge in [0.15, 0.2) is 0 Å². The van der Waals surface area contributed by atoms with E-state index in [4.69, 9.17) is 0 Å². The van der Waals surface area contributed by atoms with Gasteiger partial charge in [-0.05, 0) is 24.8 Å². The first-order chi connectivity index (χ1) is 5.13. The van der Waals surface area contributed by atoms with Crippen LogP contribution in [0.3, 0.4) is 0 Å². The molecule has 0 aliphatic rings. The lowest BCUT2D eigenvalue weighted by atomic mass is 9.93. The van der Waals surface area contributed by atoms with E-state index in [2.05, 4.69) is 40.3 Å². The predicted octanol–water partition coefficient (Wildman–Crippen LogP) is 3.95. The van der Waals surface area contributed by atoms with Gasteiger partial charge in [-0.15, -0.1) is 0 Å². The molecule has 0 heteroatoms. The van der Waals surface area contributed by atoms with E-state index in [1.54, 1.807) is 0 Å². The van der Waals surface area contributed by atoms with Crippen LogP contribution in [-0.2, 0) is 0 Å². The zero-order valence-electron chi connectivity index (χ0n) is 8.28. The van der Waals surface area contributed by atoms with Crippen molar-refractivity contribution in [2.75, 3.05) is 0 Å². The molecule has 0 heterocycles. The van der Waals surface area contributed by atoms with Crippen LogP contribution in [0, 0.1) is 5.92 Å². The van der Waals surface area contributed by atoms with Crippen LogP contribution in [0.4, 0.5) is 0 Å². The van der Waals surface area contributed by atoms with Crippen molar-refractivity contribution < 1.29 is 0 Å². The average Bonchev–Trinajstić information content (AvgIpc) is 1.88. The van der Waals surface area contributed by atoms with Crippen molar-refractivity contribution in [2.24, 2.45) is 5.92 Å². The molecule has 0 aromatic heterocycles. The van der Waals surface area contributed by atoms with Crippen LogP contribution in [0.2, 0.25) is 0 Å². The van der Waals surface area contributed by atoms with Crippen molar-refractivity contribution in [3.8, 4) is 0 Å². The standard InChI is InChI=1S/C11H20/c1-6-8-10(5)11(7-2)9(3)4/h7,9H,5-6,8H2,1-4H3. The van der Waals surface area contributed by atoms with Gasteiger partial charge in [-0.25, -0.2) is 0 Å². The van der Waals surface area contributed by atoms with Gasteiger partial charge in [0.25, 0.3) is 0 Å². The Morgan fingerprint density at radius 2 is 2.00 bits per heavy atom. The number of hydrogen-bond acceptors (Lipinski definition) is 0. The third-order valence-corrected chi connectivity index (χ3v) is 1.89. The lowest BCUT2D eigenvalue weighted by Gasteiger charge is -2.12. The van der Waals surface area contributed by atoms with Crippen LogP contribution in [0.25, 0.3) is 0 Å². The smallest absolute Gasteiger partial charge is 0.0220 e. The summed E-state index contributed by atoms with van der Waals surface area (Å²) in [5.41, 5.74) is 2.73. The third kappa shape index (κ3) is 3.41. The molecule has 0 nitrogen and oxygen atoms in total. The van der Waals surface area contributed by atoms with Gasteiger partial charge in [0.1, 0.15) is 0 Å². The molecule has 0 rings (SSSR count). The minimum Gasteiger partial charge on any atom is -0.0956 e. The Balaban J connectivity index is 4.17. The first-order valence-corrected chi connectivity index (χ1v) is 4.47. The number of hydrogen-bond donors (Lipinski definition) is 0. The van der Waals surface area contributed by atoms with Crippen LogP contribution >= 0.6 is 0 Å². The molecule has 0 bridgehead atoms. The summed E-state index contributed by atoms with van der Waals surface area (Å²) >= 11 is 0. The first kappa shape index (κ1) is 10.5. The van der Waals surface area contributed by atoms with Gasteiger partial charge in [0.2, 0.25) is 0 Å². The van der Waals surface area contributed by atoms with E-state index in [0.29, 0.717) is 5.92 Å². The zero-order chi connectivity index (χ0) is 8.85. The molecular weight excluding hydrogens is 132 g/mol. The molecule has 11 heavy (non-hydrogen) atoms. The van der Waals surface area contributed by atoms with Crippen molar-refractivity contribution in [3.63, 3.8) is 0 Å². The lowest BCUT2D eigenvalue weighted by molar-refractivity contribution is 0.753. The monoisotopic (exact) mass is 152 g/mol. The Morgan fingerprint density at radius 1 is 1.45 bits per heavy atom. The van der Waals surface area contributed by atoms with Gasteiger partial charge in [0, 0.05) is 0 Å². The fourth-order valence-electron chi connectivity index (χ4n) is 1.39. The summed E-state index contributed by atoms with van der Waals surface area (Å²) < 4.78 is 0. The van der Waals surface area contributed by atoms with Crippen molar-refractivity contribution in [1.29, 1.82) is 0 Å². The molecule has 0 radical (unpaired) electrons. The maximum atomic E-state index is 4.07. The highest BCUT2D eigenvalue weighted by Crippen LogP contribution is 2.21. The van der Waals surface area contributed by atoms with E-state index in [1.807, 2.05) is 0 Å². The van der Waals surface area contributed by atoms with E-state index in [9.17, 15) is 0 Å². The maximum Gasteiger partial charge on any atom is -0.0220 e. The predicted molar refractivity (Wildman–Crippen MR) is 52.6 cm³/mol. The fraction of sp³-hybridized carbons (Fsp3) is 0.636. The summed E-state index contributed by atoms with van der Waals surface area (Å²) in [6.07, 6.45) is 4.52. The van der Waals surface area contributed by atoms with Gasteiger partial charge in [-0.2, -0.15) is 0 Å². The topological polar surface area (TPSA) is 0 Å². The molecule has 0 fully saturated rings. The van der Waals surface area contributed by atoms with E-state index >= 15 is 0 Å². The molecule has 0 saturated heterocycles. The summed E-state index contributed by atoms with van der Waals surface area (Å²) in [5, 5.41) is 0. The SMILES string of the molecule is C=C(CCC)C(=CC)C(C)C. The molecule has 0 spiro atoms. The second kappa shape index (κ2) is 5.17. The summed E-state index contributed by atoms with van der Waals surface area (Å²) in [6.45, 7) is 12.8. The van der Waals surface area contributed by atoms with Crippen LogP contribution in [0.1, 0.15) is 40.5 Å². The first-order valence-electron chi connectivity index (χ1n) is 4.47. The highest BCUT2D eigenvalue weighted by atomic mass is 14.1. The third-order valence-electron chi connectivity index (χ3n) is 1.89. The molecule has 0 aromatic rings. The van der Waals surface area contributed by atoms with E-state index < -0.39 is 0 Å².